The first-order valence-corrected chi connectivity index (χ1v) is 7.56. The van der Waals surface area contributed by atoms with E-state index < -0.39 is 0 Å². The second kappa shape index (κ2) is 8.60. The highest BCUT2D eigenvalue weighted by Gasteiger charge is 2.12. The largest absolute Gasteiger partial charge is 0.465 e. The van der Waals surface area contributed by atoms with Crippen LogP contribution in [0.5, 0.6) is 0 Å². The predicted molar refractivity (Wildman–Crippen MR) is 81.0 cm³/mol. The third-order valence-electron chi connectivity index (χ3n) is 2.50. The van der Waals surface area contributed by atoms with Crippen LogP contribution < -0.4 is 5.32 Å². The molecule has 1 aromatic carbocycles. The summed E-state index contributed by atoms with van der Waals surface area (Å²) in [6, 6.07) is 7.60. The van der Waals surface area contributed by atoms with E-state index in [9.17, 15) is 9.59 Å². The van der Waals surface area contributed by atoms with Gasteiger partial charge in [-0.05, 0) is 32.4 Å². The van der Waals surface area contributed by atoms with Gasteiger partial charge >= 0.3 is 5.97 Å². The number of amides is 1. The molecule has 0 bridgehead atoms. The lowest BCUT2D eigenvalue weighted by Crippen LogP contribution is -2.34. The minimum Gasteiger partial charge on any atom is -0.465 e. The summed E-state index contributed by atoms with van der Waals surface area (Å²) in [7, 11) is 1.71. The number of para-hydroxylation sites is 1. The van der Waals surface area contributed by atoms with Crippen molar-refractivity contribution < 1.29 is 14.3 Å². The Morgan fingerprint density at radius 3 is 2.65 bits per heavy atom. The molecule has 0 radical (unpaired) electrons. The quantitative estimate of drug-likeness (QED) is 0.614. The van der Waals surface area contributed by atoms with Crippen molar-refractivity contribution in [3.05, 3.63) is 24.3 Å². The second-order valence-electron chi connectivity index (χ2n) is 4.23. The molecule has 20 heavy (non-hydrogen) atoms. The molecule has 0 aromatic heterocycles. The molecular weight excluding hydrogens is 276 g/mol. The molecule has 110 valence electrons. The molecule has 0 saturated heterocycles. The van der Waals surface area contributed by atoms with Crippen LogP contribution in [0, 0.1) is 0 Å². The molecule has 1 amide bonds. The van der Waals surface area contributed by atoms with E-state index in [0.29, 0.717) is 6.61 Å². The number of nitrogens with zero attached hydrogens (tertiary/aromatic N) is 1. The Kier molecular flexibility index (Phi) is 7.11. The van der Waals surface area contributed by atoms with Gasteiger partial charge in [0, 0.05) is 4.90 Å². The molecule has 0 heterocycles. The third-order valence-corrected chi connectivity index (χ3v) is 3.29. The standard InChI is InChI=1S/C14H20N2O3S/c1-4-19-14(18)10-16(2)9-13(17)15-11-7-5-6-8-12(11)20-3/h5-8H,4,9-10H2,1-3H3,(H,15,17). The predicted octanol–water partition coefficient (Wildman–Crippen LogP) is 1.84. The molecular formula is C14H20N2O3S. The maximum atomic E-state index is 11.9. The average Bonchev–Trinajstić information content (AvgIpc) is 2.39. The fourth-order valence-corrected chi connectivity index (χ4v) is 2.22. The van der Waals surface area contributed by atoms with Gasteiger partial charge in [0.25, 0.3) is 0 Å². The summed E-state index contributed by atoms with van der Waals surface area (Å²) >= 11 is 1.57. The van der Waals surface area contributed by atoms with Crippen LogP contribution in [0.2, 0.25) is 0 Å². The van der Waals surface area contributed by atoms with Gasteiger partial charge in [-0.2, -0.15) is 0 Å². The maximum absolute atomic E-state index is 11.9. The van der Waals surface area contributed by atoms with Crippen molar-refractivity contribution in [1.82, 2.24) is 4.90 Å². The molecule has 5 nitrogen and oxygen atoms in total. The molecule has 0 atom stereocenters. The van der Waals surface area contributed by atoms with Crippen LogP contribution in [0.1, 0.15) is 6.92 Å². The molecule has 6 heteroatoms. The van der Waals surface area contributed by atoms with Gasteiger partial charge in [-0.3, -0.25) is 14.5 Å². The van der Waals surface area contributed by atoms with Gasteiger partial charge in [0.2, 0.25) is 5.91 Å². The monoisotopic (exact) mass is 296 g/mol. The fourth-order valence-electron chi connectivity index (χ4n) is 1.67. The smallest absolute Gasteiger partial charge is 0.320 e. The SMILES string of the molecule is CCOC(=O)CN(C)CC(=O)Nc1ccccc1SC. The summed E-state index contributed by atoms with van der Waals surface area (Å²) in [6.45, 7) is 2.34. The highest BCUT2D eigenvalue weighted by molar-refractivity contribution is 7.98. The minimum absolute atomic E-state index is 0.103. The Labute approximate surface area is 123 Å². The van der Waals surface area contributed by atoms with Crippen molar-refractivity contribution in [2.75, 3.05) is 38.3 Å². The normalized spacial score (nSPS) is 10.4. The summed E-state index contributed by atoms with van der Waals surface area (Å²) in [5, 5.41) is 2.84. The number of carbonyl (C=O) groups excluding carboxylic acids is 2. The van der Waals surface area contributed by atoms with Gasteiger partial charge in [-0.15, -0.1) is 11.8 Å². The van der Waals surface area contributed by atoms with Gasteiger partial charge in [0.15, 0.2) is 0 Å². The molecule has 0 aliphatic rings. The lowest BCUT2D eigenvalue weighted by molar-refractivity contribution is -0.144. The van der Waals surface area contributed by atoms with E-state index in [-0.39, 0.29) is 25.0 Å². The van der Waals surface area contributed by atoms with Crippen molar-refractivity contribution in [1.29, 1.82) is 0 Å². The number of ether oxygens (including phenoxy) is 1. The number of anilines is 1. The van der Waals surface area contributed by atoms with E-state index in [1.54, 1.807) is 30.6 Å². The Morgan fingerprint density at radius 2 is 2.00 bits per heavy atom. The first-order valence-electron chi connectivity index (χ1n) is 6.33. The Bertz CT molecular complexity index is 465. The van der Waals surface area contributed by atoms with Crippen molar-refractivity contribution in [2.45, 2.75) is 11.8 Å². The number of nitrogens with one attached hydrogen (secondary N) is 1. The van der Waals surface area contributed by atoms with Crippen LogP contribution in [-0.2, 0) is 14.3 Å². The number of benzene rings is 1. The van der Waals surface area contributed by atoms with E-state index >= 15 is 0 Å². The molecule has 1 N–H and O–H groups in total. The zero-order chi connectivity index (χ0) is 15.0. The number of esters is 1. The number of rotatable bonds is 7. The van der Waals surface area contributed by atoms with Gasteiger partial charge in [0.1, 0.15) is 0 Å². The maximum Gasteiger partial charge on any atom is 0.320 e. The highest BCUT2D eigenvalue weighted by Crippen LogP contribution is 2.24. The zero-order valence-electron chi connectivity index (χ0n) is 12.0. The number of likely N-dealkylation sites (N-methyl/N-ethyl adjacent to an activating group) is 1. The van der Waals surface area contributed by atoms with Crippen LogP contribution in [0.15, 0.2) is 29.2 Å². The van der Waals surface area contributed by atoms with Crippen LogP contribution in [0.3, 0.4) is 0 Å². The number of hydrogen-bond donors (Lipinski definition) is 1. The number of carbonyl (C=O) groups is 2. The first kappa shape index (κ1) is 16.5. The summed E-state index contributed by atoms with van der Waals surface area (Å²) in [5.41, 5.74) is 0.787. The fraction of sp³-hybridized carbons (Fsp3) is 0.429. The average molecular weight is 296 g/mol. The summed E-state index contributed by atoms with van der Waals surface area (Å²) in [5.74, 6) is -0.481. The molecule has 0 aliphatic carbocycles. The van der Waals surface area contributed by atoms with E-state index in [0.717, 1.165) is 10.6 Å². The minimum atomic E-state index is -0.327. The number of hydrogen-bond acceptors (Lipinski definition) is 5. The Hall–Kier alpha value is -1.53. The van der Waals surface area contributed by atoms with E-state index in [1.165, 1.54) is 0 Å². The molecule has 0 aliphatic heterocycles. The van der Waals surface area contributed by atoms with Crippen LogP contribution >= 0.6 is 11.8 Å². The molecule has 0 fully saturated rings. The number of thioether (sulfide) groups is 1. The second-order valence-corrected chi connectivity index (χ2v) is 5.07. The summed E-state index contributed by atoms with van der Waals surface area (Å²) in [4.78, 5) is 25.8. The molecule has 0 saturated carbocycles. The molecule has 0 unspecified atom stereocenters. The van der Waals surface area contributed by atoms with Gasteiger partial charge in [-0.1, -0.05) is 12.1 Å². The van der Waals surface area contributed by atoms with Crippen LogP contribution in [0.25, 0.3) is 0 Å². The lowest BCUT2D eigenvalue weighted by Gasteiger charge is -2.16. The van der Waals surface area contributed by atoms with Gasteiger partial charge < -0.3 is 10.1 Å². The lowest BCUT2D eigenvalue weighted by atomic mass is 10.3. The van der Waals surface area contributed by atoms with Crippen molar-refractivity contribution in [2.24, 2.45) is 0 Å². The molecule has 1 aromatic rings. The molecule has 0 spiro atoms. The van der Waals surface area contributed by atoms with E-state index in [4.69, 9.17) is 4.74 Å². The van der Waals surface area contributed by atoms with Gasteiger partial charge in [-0.25, -0.2) is 0 Å². The first-order chi connectivity index (χ1) is 9.56. The summed E-state index contributed by atoms with van der Waals surface area (Å²) in [6.07, 6.45) is 1.96. The van der Waals surface area contributed by atoms with Crippen molar-refractivity contribution in [3.63, 3.8) is 0 Å². The Balaban J connectivity index is 2.49. The Morgan fingerprint density at radius 1 is 1.30 bits per heavy atom. The van der Waals surface area contributed by atoms with E-state index in [1.807, 2.05) is 30.5 Å². The summed E-state index contributed by atoms with van der Waals surface area (Å²) < 4.78 is 4.83. The topological polar surface area (TPSA) is 58.6 Å². The third kappa shape index (κ3) is 5.63. The van der Waals surface area contributed by atoms with Crippen LogP contribution in [-0.4, -0.2) is 49.8 Å². The van der Waals surface area contributed by atoms with Crippen molar-refractivity contribution in [3.8, 4) is 0 Å². The zero-order valence-corrected chi connectivity index (χ0v) is 12.8. The van der Waals surface area contributed by atoms with Gasteiger partial charge in [0.05, 0.1) is 25.4 Å². The van der Waals surface area contributed by atoms with Crippen LogP contribution in [0.4, 0.5) is 5.69 Å². The van der Waals surface area contributed by atoms with Crippen molar-refractivity contribution >= 4 is 29.3 Å². The highest BCUT2D eigenvalue weighted by atomic mass is 32.2. The molecule has 1 rings (SSSR count). The van der Waals surface area contributed by atoms with E-state index in [2.05, 4.69) is 5.32 Å².